The van der Waals surface area contributed by atoms with Gasteiger partial charge in [0, 0.05) is 26.2 Å². The van der Waals surface area contributed by atoms with Crippen LogP contribution in [-0.4, -0.2) is 31.1 Å². The Bertz CT molecular complexity index is 545. The summed E-state index contributed by atoms with van der Waals surface area (Å²) in [7, 11) is 1.41. The topological polar surface area (TPSA) is 55.6 Å². The molecule has 2 rings (SSSR count). The zero-order chi connectivity index (χ0) is 16.5. The van der Waals surface area contributed by atoms with Crippen LogP contribution >= 0.6 is 0 Å². The highest BCUT2D eigenvalue weighted by Gasteiger charge is 2.21. The number of nitrogens with zero attached hydrogens (tertiary/aromatic N) is 1. The standard InChI is InChI=1S/C19H24N2O2/c1-23-19(22)18(12-20)15-21(13-16-8-4-2-5-9-16)14-17-10-6-3-7-11-17/h2-11,18H,12-15,20H2,1H3. The van der Waals surface area contributed by atoms with E-state index in [1.807, 2.05) is 36.4 Å². The molecule has 4 heteroatoms. The summed E-state index contributed by atoms with van der Waals surface area (Å²) in [5, 5.41) is 0. The molecule has 1 atom stereocenters. The predicted molar refractivity (Wildman–Crippen MR) is 91.6 cm³/mol. The van der Waals surface area contributed by atoms with Crippen molar-refractivity contribution in [3.8, 4) is 0 Å². The Hall–Kier alpha value is -2.17. The SMILES string of the molecule is COC(=O)C(CN)CN(Cc1ccccc1)Cc1ccccc1. The molecule has 4 nitrogen and oxygen atoms in total. The molecular weight excluding hydrogens is 288 g/mol. The Kier molecular flexibility index (Phi) is 6.78. The lowest BCUT2D eigenvalue weighted by Gasteiger charge is -2.26. The van der Waals surface area contributed by atoms with Crippen molar-refractivity contribution in [1.82, 2.24) is 4.90 Å². The van der Waals surface area contributed by atoms with E-state index >= 15 is 0 Å². The Morgan fingerprint density at radius 2 is 1.48 bits per heavy atom. The van der Waals surface area contributed by atoms with Crippen molar-refractivity contribution in [2.45, 2.75) is 13.1 Å². The van der Waals surface area contributed by atoms with Gasteiger partial charge in [0.2, 0.25) is 0 Å². The van der Waals surface area contributed by atoms with E-state index in [4.69, 9.17) is 10.5 Å². The van der Waals surface area contributed by atoms with E-state index in [2.05, 4.69) is 29.2 Å². The first-order valence-electron chi connectivity index (χ1n) is 7.81. The molecular formula is C19H24N2O2. The van der Waals surface area contributed by atoms with E-state index in [1.165, 1.54) is 18.2 Å². The second-order valence-electron chi connectivity index (χ2n) is 5.60. The number of hydrogen-bond acceptors (Lipinski definition) is 4. The third kappa shape index (κ3) is 5.51. The molecule has 0 aliphatic carbocycles. The van der Waals surface area contributed by atoms with E-state index in [9.17, 15) is 4.79 Å². The summed E-state index contributed by atoms with van der Waals surface area (Å²) in [4.78, 5) is 14.1. The van der Waals surface area contributed by atoms with Crippen molar-refractivity contribution in [3.63, 3.8) is 0 Å². The van der Waals surface area contributed by atoms with Gasteiger partial charge >= 0.3 is 5.97 Å². The Morgan fingerprint density at radius 3 is 1.87 bits per heavy atom. The summed E-state index contributed by atoms with van der Waals surface area (Å²) < 4.78 is 4.86. The van der Waals surface area contributed by atoms with Crippen molar-refractivity contribution in [2.75, 3.05) is 20.2 Å². The summed E-state index contributed by atoms with van der Waals surface area (Å²) in [6.07, 6.45) is 0. The molecule has 2 aromatic carbocycles. The van der Waals surface area contributed by atoms with Crippen LogP contribution in [0.3, 0.4) is 0 Å². The lowest BCUT2D eigenvalue weighted by molar-refractivity contribution is -0.145. The van der Waals surface area contributed by atoms with Gasteiger partial charge in [-0.2, -0.15) is 0 Å². The van der Waals surface area contributed by atoms with Crippen LogP contribution in [0.5, 0.6) is 0 Å². The van der Waals surface area contributed by atoms with E-state index in [1.54, 1.807) is 0 Å². The highest BCUT2D eigenvalue weighted by molar-refractivity contribution is 5.72. The average molecular weight is 312 g/mol. The molecule has 0 radical (unpaired) electrons. The van der Waals surface area contributed by atoms with Crippen LogP contribution in [-0.2, 0) is 22.6 Å². The maximum atomic E-state index is 11.9. The maximum absolute atomic E-state index is 11.9. The molecule has 0 amide bonds. The minimum Gasteiger partial charge on any atom is -0.469 e. The largest absolute Gasteiger partial charge is 0.469 e. The molecule has 0 saturated heterocycles. The predicted octanol–water partition coefficient (Wildman–Crippen LogP) is 2.44. The summed E-state index contributed by atoms with van der Waals surface area (Å²) in [6, 6.07) is 20.5. The van der Waals surface area contributed by atoms with Gasteiger partial charge in [-0.05, 0) is 11.1 Å². The lowest BCUT2D eigenvalue weighted by Crippen LogP contribution is -2.37. The molecule has 0 spiro atoms. The fourth-order valence-corrected chi connectivity index (χ4v) is 2.59. The zero-order valence-corrected chi connectivity index (χ0v) is 13.5. The minimum atomic E-state index is -0.313. The van der Waals surface area contributed by atoms with Crippen LogP contribution in [0.4, 0.5) is 0 Å². The number of ether oxygens (including phenoxy) is 1. The Labute approximate surface area is 137 Å². The summed E-state index contributed by atoms with van der Waals surface area (Å²) in [5.74, 6) is -0.564. The normalized spacial score (nSPS) is 12.1. The number of methoxy groups -OCH3 is 1. The van der Waals surface area contributed by atoms with Crippen molar-refractivity contribution in [1.29, 1.82) is 0 Å². The number of carbonyl (C=O) groups excluding carboxylic acids is 1. The Balaban J connectivity index is 2.11. The highest BCUT2D eigenvalue weighted by Crippen LogP contribution is 2.13. The van der Waals surface area contributed by atoms with Crippen molar-refractivity contribution < 1.29 is 9.53 Å². The lowest BCUT2D eigenvalue weighted by atomic mass is 10.1. The van der Waals surface area contributed by atoms with Crippen molar-refractivity contribution in [2.24, 2.45) is 11.7 Å². The van der Waals surface area contributed by atoms with Crippen LogP contribution in [0.15, 0.2) is 60.7 Å². The zero-order valence-electron chi connectivity index (χ0n) is 13.5. The van der Waals surface area contributed by atoms with Gasteiger partial charge in [-0.25, -0.2) is 0 Å². The molecule has 0 aromatic heterocycles. The molecule has 2 aromatic rings. The van der Waals surface area contributed by atoms with Crippen LogP contribution in [0.2, 0.25) is 0 Å². The monoisotopic (exact) mass is 312 g/mol. The molecule has 0 heterocycles. The van der Waals surface area contributed by atoms with E-state index < -0.39 is 0 Å². The molecule has 0 fully saturated rings. The van der Waals surface area contributed by atoms with Gasteiger partial charge in [0.1, 0.15) is 0 Å². The molecule has 1 unspecified atom stereocenters. The smallest absolute Gasteiger partial charge is 0.311 e. The first-order valence-corrected chi connectivity index (χ1v) is 7.81. The fourth-order valence-electron chi connectivity index (χ4n) is 2.59. The summed E-state index contributed by atoms with van der Waals surface area (Å²) in [6.45, 7) is 2.40. The van der Waals surface area contributed by atoms with E-state index in [0.29, 0.717) is 6.54 Å². The molecule has 0 aliphatic heterocycles. The van der Waals surface area contributed by atoms with Gasteiger partial charge in [0.25, 0.3) is 0 Å². The van der Waals surface area contributed by atoms with Crippen molar-refractivity contribution in [3.05, 3.63) is 71.8 Å². The molecule has 0 aliphatic rings. The van der Waals surface area contributed by atoms with Gasteiger partial charge in [0.15, 0.2) is 0 Å². The molecule has 122 valence electrons. The van der Waals surface area contributed by atoms with Crippen LogP contribution in [0, 0.1) is 5.92 Å². The number of carbonyl (C=O) groups is 1. The molecule has 0 bridgehead atoms. The summed E-state index contributed by atoms with van der Waals surface area (Å²) >= 11 is 0. The van der Waals surface area contributed by atoms with Crippen molar-refractivity contribution >= 4 is 5.97 Å². The second-order valence-corrected chi connectivity index (χ2v) is 5.60. The first-order chi connectivity index (χ1) is 11.2. The van der Waals surface area contributed by atoms with Gasteiger partial charge in [-0.15, -0.1) is 0 Å². The third-order valence-corrected chi connectivity index (χ3v) is 3.80. The molecule has 0 saturated carbocycles. The van der Waals surface area contributed by atoms with Gasteiger partial charge in [0.05, 0.1) is 13.0 Å². The quantitative estimate of drug-likeness (QED) is 0.761. The van der Waals surface area contributed by atoms with E-state index in [0.717, 1.165) is 13.1 Å². The van der Waals surface area contributed by atoms with Crippen LogP contribution < -0.4 is 5.73 Å². The average Bonchev–Trinajstić information content (AvgIpc) is 2.60. The summed E-state index contributed by atoms with van der Waals surface area (Å²) in [5.41, 5.74) is 8.18. The van der Waals surface area contributed by atoms with Crippen LogP contribution in [0.1, 0.15) is 11.1 Å². The Morgan fingerprint density at radius 1 is 1.00 bits per heavy atom. The number of rotatable bonds is 8. The number of esters is 1. The van der Waals surface area contributed by atoms with Gasteiger partial charge in [-0.3, -0.25) is 9.69 Å². The van der Waals surface area contributed by atoms with Gasteiger partial charge < -0.3 is 10.5 Å². The number of benzene rings is 2. The van der Waals surface area contributed by atoms with E-state index in [-0.39, 0.29) is 18.4 Å². The second kappa shape index (κ2) is 9.08. The molecule has 2 N–H and O–H groups in total. The fraction of sp³-hybridized carbons (Fsp3) is 0.316. The molecule has 23 heavy (non-hydrogen) atoms. The van der Waals surface area contributed by atoms with Crippen LogP contribution in [0.25, 0.3) is 0 Å². The maximum Gasteiger partial charge on any atom is 0.311 e. The highest BCUT2D eigenvalue weighted by atomic mass is 16.5. The van der Waals surface area contributed by atoms with Gasteiger partial charge in [-0.1, -0.05) is 60.7 Å². The number of hydrogen-bond donors (Lipinski definition) is 1. The third-order valence-electron chi connectivity index (χ3n) is 3.80. The number of nitrogens with two attached hydrogens (primary N) is 1. The minimum absolute atomic E-state index is 0.251. The first kappa shape index (κ1) is 17.2.